The first-order valence-corrected chi connectivity index (χ1v) is 9.72. The lowest BCUT2D eigenvalue weighted by molar-refractivity contribution is 0.102. The Kier molecular flexibility index (Phi) is 5.30. The van der Waals surface area contributed by atoms with E-state index in [9.17, 15) is 13.2 Å². The molecule has 0 heterocycles. The second-order valence-corrected chi connectivity index (χ2v) is 8.45. The molecule has 23 heavy (non-hydrogen) atoms. The molecule has 0 spiro atoms. The summed E-state index contributed by atoms with van der Waals surface area (Å²) >= 11 is 2.22. The summed E-state index contributed by atoms with van der Waals surface area (Å²) < 4.78 is 25.3. The molecular weight excluding hydrogens is 427 g/mol. The van der Waals surface area contributed by atoms with Crippen LogP contribution in [0.4, 0.5) is 11.4 Å². The third-order valence-corrected chi connectivity index (χ3v) is 5.30. The van der Waals surface area contributed by atoms with Gasteiger partial charge < -0.3 is 5.32 Å². The van der Waals surface area contributed by atoms with Crippen molar-refractivity contribution in [2.24, 2.45) is 0 Å². The molecule has 2 aromatic carbocycles. The van der Waals surface area contributed by atoms with Gasteiger partial charge in [0, 0.05) is 21.9 Å². The summed E-state index contributed by atoms with van der Waals surface area (Å²) in [6.07, 6.45) is 1.13. The van der Waals surface area contributed by atoms with E-state index in [1.165, 1.54) is 7.05 Å². The van der Waals surface area contributed by atoms with Gasteiger partial charge in [0.05, 0.1) is 11.9 Å². The second kappa shape index (κ2) is 6.88. The van der Waals surface area contributed by atoms with Crippen LogP contribution in [0.1, 0.15) is 15.9 Å². The lowest BCUT2D eigenvalue weighted by Crippen LogP contribution is -2.24. The maximum absolute atomic E-state index is 12.3. The van der Waals surface area contributed by atoms with E-state index in [1.54, 1.807) is 24.3 Å². The first-order valence-electron chi connectivity index (χ1n) is 6.80. The average Bonchev–Trinajstić information content (AvgIpc) is 2.48. The highest BCUT2D eigenvalue weighted by Crippen LogP contribution is 2.20. The van der Waals surface area contributed by atoms with Crippen molar-refractivity contribution >= 4 is 49.9 Å². The predicted molar refractivity (Wildman–Crippen MR) is 102 cm³/mol. The number of hydrogen-bond donors (Lipinski definition) is 1. The first-order chi connectivity index (χ1) is 10.7. The van der Waals surface area contributed by atoms with Crippen molar-refractivity contribution in [3.05, 3.63) is 57.2 Å². The van der Waals surface area contributed by atoms with Crippen molar-refractivity contribution < 1.29 is 13.2 Å². The number of aryl methyl sites for hydroxylation is 1. The molecule has 0 aliphatic carbocycles. The van der Waals surface area contributed by atoms with E-state index in [2.05, 4.69) is 27.9 Å². The van der Waals surface area contributed by atoms with Crippen molar-refractivity contribution in [2.75, 3.05) is 22.9 Å². The largest absolute Gasteiger partial charge is 0.322 e. The number of amides is 1. The van der Waals surface area contributed by atoms with Crippen LogP contribution in [0.2, 0.25) is 0 Å². The molecule has 0 fully saturated rings. The fourth-order valence-corrected chi connectivity index (χ4v) is 3.13. The number of benzene rings is 2. The van der Waals surface area contributed by atoms with Crippen LogP contribution in [0.25, 0.3) is 0 Å². The Labute approximate surface area is 149 Å². The van der Waals surface area contributed by atoms with Crippen molar-refractivity contribution in [3.8, 4) is 0 Å². The third-order valence-electron chi connectivity index (χ3n) is 3.43. The molecule has 0 unspecified atom stereocenters. The van der Waals surface area contributed by atoms with Gasteiger partial charge in [0.15, 0.2) is 0 Å². The molecule has 0 aliphatic heterocycles. The summed E-state index contributed by atoms with van der Waals surface area (Å²) in [5.41, 5.74) is 2.72. The van der Waals surface area contributed by atoms with E-state index in [0.717, 1.165) is 25.4 Å². The van der Waals surface area contributed by atoms with Crippen LogP contribution in [0.5, 0.6) is 0 Å². The highest BCUT2D eigenvalue weighted by molar-refractivity contribution is 14.1. The smallest absolute Gasteiger partial charge is 0.255 e. The summed E-state index contributed by atoms with van der Waals surface area (Å²) in [4.78, 5) is 12.3. The minimum Gasteiger partial charge on any atom is -0.322 e. The number of hydrogen-bond acceptors (Lipinski definition) is 3. The molecule has 0 saturated heterocycles. The molecule has 7 heteroatoms. The normalized spacial score (nSPS) is 11.1. The van der Waals surface area contributed by atoms with Gasteiger partial charge in [-0.3, -0.25) is 9.10 Å². The van der Waals surface area contributed by atoms with Crippen LogP contribution in [-0.2, 0) is 10.0 Å². The Balaban J connectivity index is 2.17. The topological polar surface area (TPSA) is 66.5 Å². The maximum Gasteiger partial charge on any atom is 0.255 e. The molecule has 1 N–H and O–H groups in total. The average molecular weight is 444 g/mol. The lowest BCUT2D eigenvalue weighted by atomic mass is 10.1. The number of carbonyl (C=O) groups is 1. The molecule has 0 bridgehead atoms. The van der Waals surface area contributed by atoms with Gasteiger partial charge in [-0.05, 0) is 77.5 Å². The summed E-state index contributed by atoms with van der Waals surface area (Å²) in [6.45, 7) is 1.93. The Morgan fingerprint density at radius 1 is 1.13 bits per heavy atom. The molecule has 0 radical (unpaired) electrons. The Morgan fingerprint density at radius 3 is 2.26 bits per heavy atom. The van der Waals surface area contributed by atoms with Gasteiger partial charge in [0.2, 0.25) is 10.0 Å². The Morgan fingerprint density at radius 2 is 1.74 bits per heavy atom. The second-order valence-electron chi connectivity index (χ2n) is 5.19. The van der Waals surface area contributed by atoms with E-state index in [0.29, 0.717) is 11.3 Å². The molecule has 1 amide bonds. The minimum absolute atomic E-state index is 0.233. The van der Waals surface area contributed by atoms with Crippen molar-refractivity contribution in [1.82, 2.24) is 0 Å². The molecule has 0 aromatic heterocycles. The van der Waals surface area contributed by atoms with Crippen LogP contribution in [0, 0.1) is 10.5 Å². The fourth-order valence-electron chi connectivity index (χ4n) is 1.98. The Hall–Kier alpha value is -1.61. The maximum atomic E-state index is 12.3. The molecule has 5 nitrogen and oxygen atoms in total. The van der Waals surface area contributed by atoms with Gasteiger partial charge in [-0.2, -0.15) is 0 Å². The van der Waals surface area contributed by atoms with Gasteiger partial charge in [0.25, 0.3) is 5.91 Å². The molecule has 0 atom stereocenters. The van der Waals surface area contributed by atoms with Gasteiger partial charge in [-0.15, -0.1) is 0 Å². The monoisotopic (exact) mass is 444 g/mol. The number of carbonyl (C=O) groups excluding carboxylic acids is 1. The van der Waals surface area contributed by atoms with Crippen molar-refractivity contribution in [3.63, 3.8) is 0 Å². The standard InChI is InChI=1S/C16H17IN2O3S/c1-11-10-13(17)6-9-15(11)18-16(20)12-4-7-14(8-5-12)19(2)23(3,21)22/h4-10H,1-3H3,(H,18,20). The van der Waals surface area contributed by atoms with E-state index in [1.807, 2.05) is 25.1 Å². The minimum atomic E-state index is -3.32. The molecule has 0 saturated carbocycles. The predicted octanol–water partition coefficient (Wildman–Crippen LogP) is 3.25. The summed E-state index contributed by atoms with van der Waals surface area (Å²) in [5, 5.41) is 2.86. The number of sulfonamides is 1. The number of nitrogens with one attached hydrogen (secondary N) is 1. The molecule has 2 rings (SSSR count). The lowest BCUT2D eigenvalue weighted by Gasteiger charge is -2.16. The van der Waals surface area contributed by atoms with Gasteiger partial charge in [0.1, 0.15) is 0 Å². The van der Waals surface area contributed by atoms with Crippen molar-refractivity contribution in [1.29, 1.82) is 0 Å². The summed E-state index contributed by atoms with van der Waals surface area (Å²) in [5.74, 6) is -0.233. The zero-order valence-electron chi connectivity index (χ0n) is 13.0. The zero-order chi connectivity index (χ0) is 17.2. The SMILES string of the molecule is Cc1cc(I)ccc1NC(=O)c1ccc(N(C)S(C)(=O)=O)cc1. The van der Waals surface area contributed by atoms with Crippen molar-refractivity contribution in [2.45, 2.75) is 6.92 Å². The number of rotatable bonds is 4. The van der Waals surface area contributed by atoms with Crippen LogP contribution in [-0.4, -0.2) is 27.6 Å². The highest BCUT2D eigenvalue weighted by atomic mass is 127. The summed E-state index contributed by atoms with van der Waals surface area (Å²) in [6, 6.07) is 12.2. The van der Waals surface area contributed by atoms with Gasteiger partial charge in [-0.1, -0.05) is 0 Å². The van der Waals surface area contributed by atoms with E-state index < -0.39 is 10.0 Å². The van der Waals surface area contributed by atoms with E-state index in [4.69, 9.17) is 0 Å². The first kappa shape index (κ1) is 17.7. The van der Waals surface area contributed by atoms with Crippen LogP contribution in [0.3, 0.4) is 0 Å². The highest BCUT2D eigenvalue weighted by Gasteiger charge is 2.13. The van der Waals surface area contributed by atoms with E-state index >= 15 is 0 Å². The molecular formula is C16H17IN2O3S. The fraction of sp³-hybridized carbons (Fsp3) is 0.188. The third kappa shape index (κ3) is 4.44. The zero-order valence-corrected chi connectivity index (χ0v) is 16.0. The van der Waals surface area contributed by atoms with Gasteiger partial charge in [-0.25, -0.2) is 8.42 Å². The number of nitrogens with zero attached hydrogens (tertiary/aromatic N) is 1. The number of halogens is 1. The van der Waals surface area contributed by atoms with Gasteiger partial charge >= 0.3 is 0 Å². The quantitative estimate of drug-likeness (QED) is 0.737. The Bertz CT molecular complexity index is 833. The van der Waals surface area contributed by atoms with Crippen LogP contribution < -0.4 is 9.62 Å². The van der Waals surface area contributed by atoms with Crippen LogP contribution >= 0.6 is 22.6 Å². The summed E-state index contributed by atoms with van der Waals surface area (Å²) in [7, 11) is -1.84. The number of anilines is 2. The molecule has 2 aromatic rings. The van der Waals surface area contributed by atoms with Crippen LogP contribution in [0.15, 0.2) is 42.5 Å². The molecule has 122 valence electrons. The molecule has 0 aliphatic rings. The van der Waals surface area contributed by atoms with E-state index in [-0.39, 0.29) is 5.91 Å².